The lowest BCUT2D eigenvalue weighted by atomic mass is 10.2. The van der Waals surface area contributed by atoms with Gasteiger partial charge in [0.15, 0.2) is 5.82 Å². The van der Waals surface area contributed by atoms with Crippen LogP contribution in [0.3, 0.4) is 0 Å². The molecule has 0 unspecified atom stereocenters. The van der Waals surface area contributed by atoms with E-state index < -0.39 is 11.2 Å². The molecule has 1 aromatic heterocycles. The number of aromatic nitrogens is 3. The van der Waals surface area contributed by atoms with Gasteiger partial charge in [-0.25, -0.2) is 4.98 Å². The Labute approximate surface area is 113 Å². The second-order valence-electron chi connectivity index (χ2n) is 3.58. The molecule has 1 heterocycles. The van der Waals surface area contributed by atoms with Crippen LogP contribution in [0.15, 0.2) is 29.4 Å². The maximum atomic E-state index is 10.7. The molecule has 0 aliphatic rings. The highest BCUT2D eigenvalue weighted by Gasteiger charge is 2.16. The number of hydrogen-bond donors (Lipinski definition) is 2. The zero-order valence-electron chi connectivity index (χ0n) is 9.42. The molecule has 0 aliphatic heterocycles. The molecule has 7 heteroatoms. The molecule has 0 spiro atoms. The first-order valence-electron chi connectivity index (χ1n) is 5.14. The normalized spacial score (nSPS) is 12.3. The van der Waals surface area contributed by atoms with Crippen molar-refractivity contribution in [1.29, 1.82) is 0 Å². The van der Waals surface area contributed by atoms with Crippen LogP contribution >= 0.6 is 23.4 Å². The van der Waals surface area contributed by atoms with Crippen molar-refractivity contribution < 1.29 is 9.90 Å². The molecule has 18 heavy (non-hydrogen) atoms. The molecule has 2 rings (SSSR count). The summed E-state index contributed by atoms with van der Waals surface area (Å²) in [4.78, 5) is 14.9. The van der Waals surface area contributed by atoms with Gasteiger partial charge in [0.25, 0.3) is 0 Å². The number of carboxylic acid groups (broad SMARTS) is 1. The minimum absolute atomic E-state index is 0.403. The monoisotopic (exact) mass is 283 g/mol. The van der Waals surface area contributed by atoms with Crippen LogP contribution in [-0.2, 0) is 4.79 Å². The van der Waals surface area contributed by atoms with Crippen LogP contribution in [0.1, 0.15) is 6.92 Å². The van der Waals surface area contributed by atoms with E-state index in [0.29, 0.717) is 16.0 Å². The van der Waals surface area contributed by atoms with Crippen LogP contribution in [0.25, 0.3) is 11.4 Å². The average Bonchev–Trinajstić information content (AvgIpc) is 2.77. The van der Waals surface area contributed by atoms with Gasteiger partial charge >= 0.3 is 5.97 Å². The lowest BCUT2D eigenvalue weighted by Gasteiger charge is -2.00. The van der Waals surface area contributed by atoms with Crippen molar-refractivity contribution in [1.82, 2.24) is 15.2 Å². The number of benzene rings is 1. The molecule has 1 aromatic carbocycles. The quantitative estimate of drug-likeness (QED) is 0.844. The van der Waals surface area contributed by atoms with E-state index in [9.17, 15) is 4.79 Å². The lowest BCUT2D eigenvalue weighted by molar-refractivity contribution is -0.136. The van der Waals surface area contributed by atoms with Crippen molar-refractivity contribution in [3.8, 4) is 11.4 Å². The third kappa shape index (κ3) is 3.02. The van der Waals surface area contributed by atoms with Crippen molar-refractivity contribution in [3.63, 3.8) is 0 Å². The first-order chi connectivity index (χ1) is 8.56. The number of hydrogen-bond acceptors (Lipinski definition) is 4. The van der Waals surface area contributed by atoms with Gasteiger partial charge in [-0.15, -0.1) is 5.10 Å². The number of aliphatic carboxylic acids is 1. The first-order valence-corrected chi connectivity index (χ1v) is 6.40. The van der Waals surface area contributed by atoms with Gasteiger partial charge in [0.1, 0.15) is 5.25 Å². The number of thioether (sulfide) groups is 1. The molecule has 5 nitrogen and oxygen atoms in total. The van der Waals surface area contributed by atoms with E-state index in [4.69, 9.17) is 16.7 Å². The van der Waals surface area contributed by atoms with Crippen molar-refractivity contribution in [2.75, 3.05) is 0 Å². The van der Waals surface area contributed by atoms with E-state index >= 15 is 0 Å². The summed E-state index contributed by atoms with van der Waals surface area (Å²) in [6, 6.07) is 7.19. The molecule has 1 atom stereocenters. The molecule has 0 saturated heterocycles. The first kappa shape index (κ1) is 12.9. The Morgan fingerprint density at radius 1 is 1.56 bits per heavy atom. The number of nitrogens with one attached hydrogen (secondary N) is 1. The Balaban J connectivity index is 2.18. The summed E-state index contributed by atoms with van der Waals surface area (Å²) in [5, 5.41) is 15.9. The largest absolute Gasteiger partial charge is 0.480 e. The number of nitrogens with zero attached hydrogens (tertiary/aromatic N) is 2. The molecule has 0 radical (unpaired) electrons. The second kappa shape index (κ2) is 5.41. The van der Waals surface area contributed by atoms with Gasteiger partial charge in [-0.3, -0.25) is 9.89 Å². The SMILES string of the molecule is C[C@H](Sc1n[nH]c(-c2cccc(Cl)c2)n1)C(=O)O. The van der Waals surface area contributed by atoms with Crippen LogP contribution in [0, 0.1) is 0 Å². The molecule has 0 bridgehead atoms. The zero-order valence-corrected chi connectivity index (χ0v) is 11.0. The molecular weight excluding hydrogens is 274 g/mol. The number of rotatable bonds is 4. The molecule has 2 N–H and O–H groups in total. The molecule has 94 valence electrons. The Hall–Kier alpha value is -1.53. The van der Waals surface area contributed by atoms with Crippen LogP contribution < -0.4 is 0 Å². The summed E-state index contributed by atoms with van der Waals surface area (Å²) >= 11 is 6.97. The van der Waals surface area contributed by atoms with Gasteiger partial charge in [-0.2, -0.15) is 0 Å². The standard InChI is InChI=1S/C11H10ClN3O2S/c1-6(10(16)17)18-11-13-9(14-15-11)7-3-2-4-8(12)5-7/h2-6H,1H3,(H,16,17)(H,13,14,15)/t6-/m0/s1. The minimum Gasteiger partial charge on any atom is -0.480 e. The highest BCUT2D eigenvalue weighted by Crippen LogP contribution is 2.24. The van der Waals surface area contributed by atoms with Crippen molar-refractivity contribution in [2.24, 2.45) is 0 Å². The summed E-state index contributed by atoms with van der Waals surface area (Å²) in [5.74, 6) is -0.327. The maximum absolute atomic E-state index is 10.7. The maximum Gasteiger partial charge on any atom is 0.316 e. The zero-order chi connectivity index (χ0) is 13.1. The Kier molecular flexibility index (Phi) is 3.88. The summed E-state index contributed by atoms with van der Waals surface area (Å²) in [5.41, 5.74) is 0.810. The Morgan fingerprint density at radius 3 is 3.00 bits per heavy atom. The second-order valence-corrected chi connectivity index (χ2v) is 5.32. The lowest BCUT2D eigenvalue weighted by Crippen LogP contribution is -2.11. The van der Waals surface area contributed by atoms with E-state index in [1.54, 1.807) is 19.1 Å². The van der Waals surface area contributed by atoms with E-state index in [1.807, 2.05) is 12.1 Å². The number of carboxylic acids is 1. The summed E-state index contributed by atoms with van der Waals surface area (Å²) in [6.07, 6.45) is 0. The molecule has 0 amide bonds. The van der Waals surface area contributed by atoms with Crippen molar-refractivity contribution >= 4 is 29.3 Å². The molecule has 0 saturated carbocycles. The Morgan fingerprint density at radius 2 is 2.33 bits per heavy atom. The summed E-state index contributed by atoms with van der Waals surface area (Å²) < 4.78 is 0. The molecular formula is C11H10ClN3O2S. The number of aromatic amines is 1. The van der Waals surface area contributed by atoms with E-state index in [-0.39, 0.29) is 0 Å². The van der Waals surface area contributed by atoms with Crippen molar-refractivity contribution in [2.45, 2.75) is 17.3 Å². The smallest absolute Gasteiger partial charge is 0.316 e. The van der Waals surface area contributed by atoms with Gasteiger partial charge in [0.2, 0.25) is 5.16 Å². The fourth-order valence-electron chi connectivity index (χ4n) is 1.27. The summed E-state index contributed by atoms with van der Waals surface area (Å²) in [6.45, 7) is 1.59. The fourth-order valence-corrected chi connectivity index (χ4v) is 2.12. The van der Waals surface area contributed by atoms with E-state index in [1.165, 1.54) is 0 Å². The van der Waals surface area contributed by atoms with Crippen LogP contribution in [0.2, 0.25) is 5.02 Å². The highest BCUT2D eigenvalue weighted by molar-refractivity contribution is 8.00. The topological polar surface area (TPSA) is 78.9 Å². The number of halogens is 1. The van der Waals surface area contributed by atoms with E-state index in [2.05, 4.69) is 15.2 Å². The van der Waals surface area contributed by atoms with Gasteiger partial charge < -0.3 is 5.11 Å². The molecule has 0 aliphatic carbocycles. The van der Waals surface area contributed by atoms with Gasteiger partial charge in [-0.1, -0.05) is 35.5 Å². The minimum atomic E-state index is -0.894. The average molecular weight is 284 g/mol. The van der Waals surface area contributed by atoms with Crippen LogP contribution in [0.4, 0.5) is 0 Å². The van der Waals surface area contributed by atoms with Crippen molar-refractivity contribution in [3.05, 3.63) is 29.3 Å². The van der Waals surface area contributed by atoms with Gasteiger partial charge in [0.05, 0.1) is 0 Å². The van der Waals surface area contributed by atoms with Crippen LogP contribution in [0.5, 0.6) is 0 Å². The van der Waals surface area contributed by atoms with Gasteiger partial charge in [0, 0.05) is 10.6 Å². The van der Waals surface area contributed by atoms with E-state index in [0.717, 1.165) is 17.3 Å². The third-order valence-electron chi connectivity index (χ3n) is 2.19. The fraction of sp³-hybridized carbons (Fsp3) is 0.182. The summed E-state index contributed by atoms with van der Waals surface area (Å²) in [7, 11) is 0. The van der Waals surface area contributed by atoms with Crippen LogP contribution in [-0.4, -0.2) is 31.5 Å². The number of H-pyrrole nitrogens is 1. The predicted molar refractivity (Wildman–Crippen MR) is 69.8 cm³/mol. The van der Waals surface area contributed by atoms with Gasteiger partial charge in [-0.05, 0) is 19.1 Å². The molecule has 0 fully saturated rings. The Bertz CT molecular complexity index is 573. The predicted octanol–water partition coefficient (Wildman–Crippen LogP) is 2.69. The molecule has 2 aromatic rings. The highest BCUT2D eigenvalue weighted by atomic mass is 35.5. The number of carbonyl (C=O) groups is 1. The third-order valence-corrected chi connectivity index (χ3v) is 3.38.